The Morgan fingerprint density at radius 3 is 2.63 bits per heavy atom. The molecule has 0 saturated carbocycles. The maximum atomic E-state index is 11.0. The molecule has 1 aromatic carbocycles. The molecule has 5 heteroatoms. The minimum Gasteiger partial charge on any atom is -0.494 e. The molecule has 2 rings (SSSR count). The number of amides is 1. The third-order valence-corrected chi connectivity index (χ3v) is 2.97. The molecule has 2 aromatic rings. The van der Waals surface area contributed by atoms with Gasteiger partial charge in [0.1, 0.15) is 0 Å². The molecule has 0 fully saturated rings. The van der Waals surface area contributed by atoms with Gasteiger partial charge in [-0.15, -0.1) is 0 Å². The summed E-state index contributed by atoms with van der Waals surface area (Å²) in [6.45, 7) is 0.636. The number of aryl methyl sites for hydroxylation is 2. The molecule has 0 atom stereocenters. The summed E-state index contributed by atoms with van der Waals surface area (Å²) in [6, 6.07) is 11.6. The average Bonchev–Trinajstić information content (AvgIpc) is 2.78. The first-order valence-electron chi connectivity index (χ1n) is 6.04. The highest BCUT2D eigenvalue weighted by Gasteiger charge is 2.11. The summed E-state index contributed by atoms with van der Waals surface area (Å²) in [5, 5.41) is 18.4. The van der Waals surface area contributed by atoms with Gasteiger partial charge in [-0.1, -0.05) is 30.3 Å². The van der Waals surface area contributed by atoms with Crippen molar-refractivity contribution in [2.45, 2.75) is 19.4 Å². The first-order chi connectivity index (χ1) is 9.20. The van der Waals surface area contributed by atoms with Crippen molar-refractivity contribution in [1.82, 2.24) is 10.0 Å². The van der Waals surface area contributed by atoms with Crippen LogP contribution in [-0.2, 0) is 24.2 Å². The topological polar surface area (TPSA) is 74.5 Å². The second-order valence-corrected chi connectivity index (χ2v) is 4.31. The lowest BCUT2D eigenvalue weighted by atomic mass is 10.1. The maximum absolute atomic E-state index is 11.0. The smallest absolute Gasteiger partial charge is 0.247 e. The summed E-state index contributed by atoms with van der Waals surface area (Å²) in [5.74, 6) is -0.476. The number of hydrogen-bond acceptors (Lipinski definition) is 3. The third-order valence-electron chi connectivity index (χ3n) is 2.97. The van der Waals surface area contributed by atoms with Crippen molar-refractivity contribution in [2.24, 2.45) is 0 Å². The molecule has 1 amide bonds. The lowest BCUT2D eigenvalue weighted by Crippen LogP contribution is -2.20. The number of aromatic nitrogens is 1. The number of hydroxylamine groups is 1. The van der Waals surface area contributed by atoms with Crippen molar-refractivity contribution in [2.75, 3.05) is 0 Å². The van der Waals surface area contributed by atoms with Gasteiger partial charge in [-0.25, -0.2) is 5.48 Å². The van der Waals surface area contributed by atoms with E-state index in [2.05, 4.69) is 0 Å². The van der Waals surface area contributed by atoms with Gasteiger partial charge in [0.2, 0.25) is 5.91 Å². The Morgan fingerprint density at radius 1 is 1.21 bits per heavy atom. The number of carbonyl (C=O) groups excluding carboxylic acids is 1. The summed E-state index contributed by atoms with van der Waals surface area (Å²) in [5.41, 5.74) is 3.23. The first-order valence-corrected chi connectivity index (χ1v) is 6.04. The van der Waals surface area contributed by atoms with Crippen LogP contribution in [0.1, 0.15) is 11.1 Å². The standard InChI is InChI=1S/C14H16N2O3/c17-13(15-19)10-12-7-9-16(14(12)18)8-6-11-4-2-1-3-5-11/h1-5,7,9,18-19H,6,8,10H2,(H,15,17). The first kappa shape index (κ1) is 13.2. The maximum Gasteiger partial charge on any atom is 0.247 e. The van der Waals surface area contributed by atoms with Crippen LogP contribution in [0, 0.1) is 0 Å². The van der Waals surface area contributed by atoms with Crippen LogP contribution < -0.4 is 5.48 Å². The Hall–Kier alpha value is -2.27. The molecule has 19 heavy (non-hydrogen) atoms. The van der Waals surface area contributed by atoms with Crippen LogP contribution in [0.25, 0.3) is 0 Å². The molecule has 3 N–H and O–H groups in total. The SMILES string of the molecule is O=C(Cc1ccn(CCc2ccccc2)c1O)NO. The zero-order chi connectivity index (χ0) is 13.7. The number of nitrogens with one attached hydrogen (secondary N) is 1. The van der Waals surface area contributed by atoms with E-state index in [-0.39, 0.29) is 12.3 Å². The Morgan fingerprint density at radius 2 is 1.95 bits per heavy atom. The highest BCUT2D eigenvalue weighted by atomic mass is 16.5. The van der Waals surface area contributed by atoms with E-state index in [1.165, 1.54) is 5.56 Å². The Bertz CT molecular complexity index is 549. The van der Waals surface area contributed by atoms with Gasteiger partial charge < -0.3 is 9.67 Å². The van der Waals surface area contributed by atoms with Crippen molar-refractivity contribution >= 4 is 5.91 Å². The van der Waals surface area contributed by atoms with Crippen molar-refractivity contribution in [1.29, 1.82) is 0 Å². The molecule has 5 nitrogen and oxygen atoms in total. The third kappa shape index (κ3) is 3.35. The number of hydrogen-bond donors (Lipinski definition) is 3. The normalized spacial score (nSPS) is 10.4. The predicted octanol–water partition coefficient (Wildman–Crippen LogP) is 1.48. The van der Waals surface area contributed by atoms with Crippen LogP contribution in [0.15, 0.2) is 42.6 Å². The van der Waals surface area contributed by atoms with E-state index in [0.717, 1.165) is 6.42 Å². The fourth-order valence-corrected chi connectivity index (χ4v) is 1.93. The van der Waals surface area contributed by atoms with Crippen LogP contribution in [0.2, 0.25) is 0 Å². The van der Waals surface area contributed by atoms with Gasteiger partial charge in [0, 0.05) is 18.3 Å². The molecule has 100 valence electrons. The average molecular weight is 260 g/mol. The van der Waals surface area contributed by atoms with Crippen LogP contribution in [0.5, 0.6) is 5.88 Å². The van der Waals surface area contributed by atoms with Crippen molar-refractivity contribution < 1.29 is 15.1 Å². The van der Waals surface area contributed by atoms with Gasteiger partial charge in [0.05, 0.1) is 6.42 Å². The van der Waals surface area contributed by atoms with Crippen LogP contribution in [0.4, 0.5) is 0 Å². The van der Waals surface area contributed by atoms with Crippen LogP contribution in [0.3, 0.4) is 0 Å². The van der Waals surface area contributed by atoms with E-state index < -0.39 is 5.91 Å². The van der Waals surface area contributed by atoms with Gasteiger partial charge in [-0.3, -0.25) is 10.0 Å². The summed E-state index contributed by atoms with van der Waals surface area (Å²) in [4.78, 5) is 11.0. The number of nitrogens with zero attached hydrogens (tertiary/aromatic N) is 1. The van der Waals surface area contributed by atoms with E-state index >= 15 is 0 Å². The van der Waals surface area contributed by atoms with Gasteiger partial charge in [0.25, 0.3) is 0 Å². The quantitative estimate of drug-likeness (QED) is 0.563. The Labute approximate surface area is 111 Å². The number of rotatable bonds is 5. The van der Waals surface area contributed by atoms with Gasteiger partial charge in [0.15, 0.2) is 5.88 Å². The summed E-state index contributed by atoms with van der Waals surface area (Å²) >= 11 is 0. The lowest BCUT2D eigenvalue weighted by molar-refractivity contribution is -0.128. The second kappa shape index (κ2) is 6.06. The Balaban J connectivity index is 2.00. The number of benzene rings is 1. The fraction of sp³-hybridized carbons (Fsp3) is 0.214. The molecular formula is C14H16N2O3. The molecule has 0 unspecified atom stereocenters. The highest BCUT2D eigenvalue weighted by Crippen LogP contribution is 2.19. The van der Waals surface area contributed by atoms with Crippen molar-refractivity contribution in [3.05, 3.63) is 53.7 Å². The van der Waals surface area contributed by atoms with E-state index in [1.54, 1.807) is 22.3 Å². The number of aromatic hydroxyl groups is 1. The fourth-order valence-electron chi connectivity index (χ4n) is 1.93. The number of carbonyl (C=O) groups is 1. The van der Waals surface area contributed by atoms with Crippen molar-refractivity contribution in [3.8, 4) is 5.88 Å². The lowest BCUT2D eigenvalue weighted by Gasteiger charge is -2.06. The zero-order valence-corrected chi connectivity index (χ0v) is 10.4. The molecule has 0 bridgehead atoms. The largest absolute Gasteiger partial charge is 0.494 e. The molecule has 0 aliphatic rings. The van der Waals surface area contributed by atoms with Gasteiger partial charge in [-0.2, -0.15) is 0 Å². The minimum atomic E-state index is -0.545. The van der Waals surface area contributed by atoms with E-state index in [0.29, 0.717) is 12.1 Å². The van der Waals surface area contributed by atoms with Gasteiger partial charge >= 0.3 is 0 Å². The molecule has 1 aromatic heterocycles. The highest BCUT2D eigenvalue weighted by molar-refractivity contribution is 5.77. The summed E-state index contributed by atoms with van der Waals surface area (Å²) in [7, 11) is 0. The van der Waals surface area contributed by atoms with Crippen molar-refractivity contribution in [3.63, 3.8) is 0 Å². The second-order valence-electron chi connectivity index (χ2n) is 4.31. The predicted molar refractivity (Wildman–Crippen MR) is 69.9 cm³/mol. The molecule has 1 heterocycles. The minimum absolute atomic E-state index is 0.0410. The zero-order valence-electron chi connectivity index (χ0n) is 10.4. The van der Waals surface area contributed by atoms with E-state index in [1.807, 2.05) is 30.3 Å². The molecule has 0 radical (unpaired) electrons. The summed E-state index contributed by atoms with van der Waals surface area (Å²) < 4.78 is 1.69. The Kier molecular flexibility index (Phi) is 4.20. The monoisotopic (exact) mass is 260 g/mol. The molecule has 0 spiro atoms. The molecule has 0 aliphatic carbocycles. The van der Waals surface area contributed by atoms with Crippen LogP contribution >= 0.6 is 0 Å². The molecular weight excluding hydrogens is 244 g/mol. The van der Waals surface area contributed by atoms with Crippen LogP contribution in [-0.4, -0.2) is 20.8 Å². The van der Waals surface area contributed by atoms with Gasteiger partial charge in [-0.05, 0) is 18.1 Å². The molecule has 0 aliphatic heterocycles. The van der Waals surface area contributed by atoms with E-state index in [9.17, 15) is 9.90 Å². The van der Waals surface area contributed by atoms with E-state index in [4.69, 9.17) is 5.21 Å². The summed E-state index contributed by atoms with van der Waals surface area (Å²) in [6.07, 6.45) is 2.49. The molecule has 0 saturated heterocycles.